The highest BCUT2D eigenvalue weighted by atomic mass is 35.5. The van der Waals surface area contributed by atoms with Crippen molar-refractivity contribution in [1.82, 2.24) is 5.32 Å². The molecule has 0 radical (unpaired) electrons. The van der Waals surface area contributed by atoms with Gasteiger partial charge in [0.15, 0.2) is 11.6 Å². The Morgan fingerprint density at radius 1 is 1.32 bits per heavy atom. The zero-order valence-corrected chi connectivity index (χ0v) is 11.8. The van der Waals surface area contributed by atoms with Crippen LogP contribution in [-0.4, -0.2) is 25.4 Å². The number of hydrogen-bond acceptors (Lipinski definition) is 2. The van der Waals surface area contributed by atoms with Gasteiger partial charge in [-0.05, 0) is 31.0 Å². The molecule has 106 valence electrons. The summed E-state index contributed by atoms with van der Waals surface area (Å²) in [5, 5.41) is 2.76. The topological polar surface area (TPSA) is 38.3 Å². The number of benzene rings is 1. The number of carbonyl (C=O) groups is 1. The first-order valence-electron chi connectivity index (χ1n) is 6.36. The molecule has 0 atom stereocenters. The molecule has 0 heterocycles. The summed E-state index contributed by atoms with van der Waals surface area (Å²) in [6.07, 6.45) is 4.00. The van der Waals surface area contributed by atoms with Crippen molar-refractivity contribution in [2.45, 2.75) is 25.7 Å². The number of amides is 1. The highest BCUT2D eigenvalue weighted by Gasteiger charge is 2.09. The fourth-order valence-electron chi connectivity index (χ4n) is 1.68. The number of rotatable bonds is 8. The first-order chi connectivity index (χ1) is 9.19. The quantitative estimate of drug-likeness (QED) is 0.588. The van der Waals surface area contributed by atoms with Crippen LogP contribution in [0.4, 0.5) is 4.39 Å². The minimum absolute atomic E-state index is 0.137. The van der Waals surface area contributed by atoms with Crippen LogP contribution in [0.2, 0.25) is 0 Å². The number of nitrogens with one attached hydrogen (secondary N) is 1. The zero-order chi connectivity index (χ0) is 14.1. The van der Waals surface area contributed by atoms with E-state index in [0.717, 1.165) is 25.7 Å². The largest absolute Gasteiger partial charge is 0.494 e. The molecule has 0 bridgehead atoms. The maximum absolute atomic E-state index is 13.4. The molecule has 5 heteroatoms. The molecule has 0 aliphatic rings. The van der Waals surface area contributed by atoms with E-state index in [1.807, 2.05) is 0 Å². The highest BCUT2D eigenvalue weighted by Crippen LogP contribution is 2.17. The molecule has 1 N–H and O–H groups in total. The van der Waals surface area contributed by atoms with Gasteiger partial charge in [-0.15, -0.1) is 11.6 Å². The summed E-state index contributed by atoms with van der Waals surface area (Å²) in [5.41, 5.74) is 0.305. The number of alkyl halides is 1. The molecule has 1 amide bonds. The van der Waals surface area contributed by atoms with Gasteiger partial charge in [0.05, 0.1) is 7.11 Å². The van der Waals surface area contributed by atoms with Crippen LogP contribution in [0.1, 0.15) is 36.0 Å². The summed E-state index contributed by atoms with van der Waals surface area (Å²) < 4.78 is 18.2. The van der Waals surface area contributed by atoms with Crippen molar-refractivity contribution >= 4 is 17.5 Å². The Bertz CT molecular complexity index is 412. The van der Waals surface area contributed by atoms with Gasteiger partial charge in [-0.25, -0.2) is 4.39 Å². The summed E-state index contributed by atoms with van der Waals surface area (Å²) in [6.45, 7) is 0.592. The van der Waals surface area contributed by atoms with Crippen molar-refractivity contribution in [2.75, 3.05) is 19.5 Å². The van der Waals surface area contributed by atoms with Gasteiger partial charge in [-0.2, -0.15) is 0 Å². The number of unbranched alkanes of at least 4 members (excludes halogenated alkanes) is 3. The summed E-state index contributed by atoms with van der Waals surface area (Å²) in [7, 11) is 1.39. The Kier molecular flexibility index (Phi) is 7.26. The summed E-state index contributed by atoms with van der Waals surface area (Å²) in [6, 6.07) is 4.18. The Hall–Kier alpha value is -1.29. The molecular formula is C14H19ClFNO2. The van der Waals surface area contributed by atoms with Crippen LogP contribution in [0.15, 0.2) is 18.2 Å². The lowest BCUT2D eigenvalue weighted by atomic mass is 10.2. The predicted molar refractivity (Wildman–Crippen MR) is 74.5 cm³/mol. The van der Waals surface area contributed by atoms with Crippen molar-refractivity contribution < 1.29 is 13.9 Å². The van der Waals surface area contributed by atoms with E-state index in [0.29, 0.717) is 18.0 Å². The van der Waals surface area contributed by atoms with Gasteiger partial charge in [0.25, 0.3) is 5.91 Å². The molecule has 1 rings (SSSR count). The Morgan fingerprint density at radius 2 is 2.05 bits per heavy atom. The number of ether oxygens (including phenoxy) is 1. The van der Waals surface area contributed by atoms with Gasteiger partial charge >= 0.3 is 0 Å². The third kappa shape index (κ3) is 5.47. The van der Waals surface area contributed by atoms with E-state index >= 15 is 0 Å². The Morgan fingerprint density at radius 3 is 2.68 bits per heavy atom. The van der Waals surface area contributed by atoms with Gasteiger partial charge in [0.1, 0.15) is 0 Å². The van der Waals surface area contributed by atoms with E-state index in [4.69, 9.17) is 16.3 Å². The summed E-state index contributed by atoms with van der Waals surface area (Å²) in [5.74, 6) is 0.0195. The van der Waals surface area contributed by atoms with Crippen molar-refractivity contribution in [3.63, 3.8) is 0 Å². The normalized spacial score (nSPS) is 10.3. The van der Waals surface area contributed by atoms with E-state index in [2.05, 4.69) is 5.32 Å². The molecule has 0 aliphatic heterocycles. The summed E-state index contributed by atoms with van der Waals surface area (Å²) >= 11 is 5.57. The number of methoxy groups -OCH3 is 1. The molecule has 1 aromatic carbocycles. The van der Waals surface area contributed by atoms with Gasteiger partial charge in [-0.1, -0.05) is 12.8 Å². The summed E-state index contributed by atoms with van der Waals surface area (Å²) in [4.78, 5) is 11.7. The van der Waals surface area contributed by atoms with Gasteiger partial charge in [0.2, 0.25) is 0 Å². The van der Waals surface area contributed by atoms with E-state index in [-0.39, 0.29) is 11.7 Å². The minimum Gasteiger partial charge on any atom is -0.494 e. The van der Waals surface area contributed by atoms with Crippen LogP contribution < -0.4 is 10.1 Å². The van der Waals surface area contributed by atoms with Crippen LogP contribution in [0.25, 0.3) is 0 Å². The maximum atomic E-state index is 13.4. The molecule has 0 saturated heterocycles. The van der Waals surface area contributed by atoms with Gasteiger partial charge in [-0.3, -0.25) is 4.79 Å². The molecule has 0 fully saturated rings. The van der Waals surface area contributed by atoms with Gasteiger partial charge in [0, 0.05) is 18.0 Å². The molecule has 0 aromatic heterocycles. The number of carbonyl (C=O) groups excluding carboxylic acids is 1. The van der Waals surface area contributed by atoms with E-state index in [1.165, 1.54) is 19.2 Å². The van der Waals surface area contributed by atoms with E-state index in [1.54, 1.807) is 6.07 Å². The molecule has 0 saturated carbocycles. The molecule has 19 heavy (non-hydrogen) atoms. The molecule has 1 aromatic rings. The number of hydrogen-bond donors (Lipinski definition) is 1. The molecular weight excluding hydrogens is 269 g/mol. The first-order valence-corrected chi connectivity index (χ1v) is 6.90. The highest BCUT2D eigenvalue weighted by molar-refractivity contribution is 6.17. The van der Waals surface area contributed by atoms with Crippen molar-refractivity contribution in [3.05, 3.63) is 29.6 Å². The second kappa shape index (κ2) is 8.75. The zero-order valence-electron chi connectivity index (χ0n) is 11.0. The maximum Gasteiger partial charge on any atom is 0.251 e. The molecule has 3 nitrogen and oxygen atoms in total. The minimum atomic E-state index is -0.530. The van der Waals surface area contributed by atoms with Crippen molar-refractivity contribution in [1.29, 1.82) is 0 Å². The third-order valence-corrected chi connectivity index (χ3v) is 3.03. The lowest BCUT2D eigenvalue weighted by molar-refractivity contribution is 0.0952. The predicted octanol–water partition coefficient (Wildman–Crippen LogP) is 3.36. The second-order valence-electron chi connectivity index (χ2n) is 4.21. The van der Waals surface area contributed by atoms with E-state index in [9.17, 15) is 9.18 Å². The Balaban J connectivity index is 2.35. The Labute approximate surface area is 118 Å². The number of halogens is 2. The first kappa shape index (κ1) is 15.8. The van der Waals surface area contributed by atoms with Gasteiger partial charge < -0.3 is 10.1 Å². The van der Waals surface area contributed by atoms with Crippen LogP contribution in [0.5, 0.6) is 5.75 Å². The standard InChI is InChI=1S/C14H19ClFNO2/c1-19-13-7-6-11(10-12(13)16)14(18)17-9-5-3-2-4-8-15/h6-7,10H,2-5,8-9H2,1H3,(H,17,18). The monoisotopic (exact) mass is 287 g/mol. The molecule has 0 spiro atoms. The fourth-order valence-corrected chi connectivity index (χ4v) is 1.87. The van der Waals surface area contributed by atoms with Crippen LogP contribution in [0.3, 0.4) is 0 Å². The molecule has 0 aliphatic carbocycles. The lowest BCUT2D eigenvalue weighted by Gasteiger charge is -2.07. The smallest absolute Gasteiger partial charge is 0.251 e. The van der Waals surface area contributed by atoms with Crippen LogP contribution in [0, 0.1) is 5.82 Å². The molecule has 0 unspecified atom stereocenters. The third-order valence-electron chi connectivity index (χ3n) is 2.76. The van der Waals surface area contributed by atoms with Crippen LogP contribution >= 0.6 is 11.6 Å². The average molecular weight is 288 g/mol. The van der Waals surface area contributed by atoms with E-state index < -0.39 is 5.82 Å². The van der Waals surface area contributed by atoms with Crippen molar-refractivity contribution in [3.8, 4) is 5.75 Å². The average Bonchev–Trinajstić information content (AvgIpc) is 2.42. The SMILES string of the molecule is COc1ccc(C(=O)NCCCCCCCl)cc1F. The lowest BCUT2D eigenvalue weighted by Crippen LogP contribution is -2.24. The van der Waals surface area contributed by atoms with Crippen molar-refractivity contribution in [2.24, 2.45) is 0 Å². The fraction of sp³-hybridized carbons (Fsp3) is 0.500. The second-order valence-corrected chi connectivity index (χ2v) is 4.59. The van der Waals surface area contributed by atoms with Crippen LogP contribution in [-0.2, 0) is 0 Å².